The molecule has 2 aromatic rings. The Balaban J connectivity index is 1.55. The molecule has 0 unspecified atom stereocenters. The molecule has 0 atom stereocenters. The number of methoxy groups -OCH3 is 1. The standard InChI is InChI=1S/C30H39N5O4/c1-18-8-9-22(37-7)25(32)23(18)24-19(13-31)26(33-21-12-29(5,6)38-14-20(21)24)34-11-10-30(15-34)16-35(17-30)27(36)39-28(2,3)4/h8-9H,10-12,14-17,32H2,1-7H3. The van der Waals surface area contributed by atoms with Gasteiger partial charge in [-0.2, -0.15) is 5.26 Å². The van der Waals surface area contributed by atoms with Crippen molar-refractivity contribution in [3.8, 4) is 22.9 Å². The third-order valence-electron chi connectivity index (χ3n) is 8.00. The zero-order valence-electron chi connectivity index (χ0n) is 24.1. The molecule has 9 heteroatoms. The number of nitrogens with two attached hydrogens (primary N) is 1. The molecule has 1 aromatic heterocycles. The molecule has 1 aromatic carbocycles. The molecular formula is C30H39N5O4. The number of carbonyl (C=O) groups excluding carboxylic acids is 1. The van der Waals surface area contributed by atoms with Crippen LogP contribution in [0.5, 0.6) is 5.75 Å². The number of ether oxygens (including phenoxy) is 3. The van der Waals surface area contributed by atoms with Crippen molar-refractivity contribution in [2.24, 2.45) is 5.41 Å². The Bertz CT molecular complexity index is 1370. The van der Waals surface area contributed by atoms with Crippen molar-refractivity contribution in [1.82, 2.24) is 9.88 Å². The van der Waals surface area contributed by atoms with E-state index < -0.39 is 5.60 Å². The molecule has 208 valence electrons. The SMILES string of the molecule is COc1ccc(C)c(-c2c(C#N)c(N3CCC4(CN(C(=O)OC(C)(C)C)C4)C3)nc3c2COC(C)(C)C3)c1N. The number of fused-ring (bicyclic) bond motifs is 1. The molecule has 2 saturated heterocycles. The quantitative estimate of drug-likeness (QED) is 0.559. The molecule has 9 nitrogen and oxygen atoms in total. The lowest BCUT2D eigenvalue weighted by atomic mass is 9.79. The molecule has 3 aliphatic heterocycles. The molecule has 0 radical (unpaired) electrons. The fourth-order valence-electron chi connectivity index (χ4n) is 6.10. The molecular weight excluding hydrogens is 494 g/mol. The van der Waals surface area contributed by atoms with Gasteiger partial charge in [-0.05, 0) is 59.6 Å². The first kappa shape index (κ1) is 27.1. The van der Waals surface area contributed by atoms with E-state index in [1.165, 1.54) is 0 Å². The van der Waals surface area contributed by atoms with E-state index >= 15 is 0 Å². The third kappa shape index (κ3) is 4.87. The molecule has 39 heavy (non-hydrogen) atoms. The molecule has 3 aliphatic rings. The Kier molecular flexibility index (Phi) is 6.46. The third-order valence-corrected chi connectivity index (χ3v) is 8.00. The van der Waals surface area contributed by atoms with E-state index in [9.17, 15) is 10.1 Å². The Morgan fingerprint density at radius 3 is 2.56 bits per heavy atom. The molecule has 4 heterocycles. The van der Waals surface area contributed by atoms with Gasteiger partial charge in [0.25, 0.3) is 0 Å². The summed E-state index contributed by atoms with van der Waals surface area (Å²) in [4.78, 5) is 21.7. The number of carbonyl (C=O) groups is 1. The number of benzene rings is 1. The van der Waals surface area contributed by atoms with Crippen LogP contribution in [0.4, 0.5) is 16.3 Å². The highest BCUT2D eigenvalue weighted by molar-refractivity contribution is 5.90. The second kappa shape index (κ2) is 9.30. The van der Waals surface area contributed by atoms with Crippen LogP contribution >= 0.6 is 0 Å². The normalized spacial score (nSPS) is 19.3. The molecule has 2 N–H and O–H groups in total. The van der Waals surface area contributed by atoms with Crippen LogP contribution in [-0.4, -0.2) is 60.5 Å². The van der Waals surface area contributed by atoms with Crippen LogP contribution in [0.1, 0.15) is 63.4 Å². The molecule has 0 saturated carbocycles. The Labute approximate surface area is 230 Å². The lowest BCUT2D eigenvalue weighted by molar-refractivity contribution is -0.0410. The van der Waals surface area contributed by atoms with Crippen molar-refractivity contribution in [3.63, 3.8) is 0 Å². The second-order valence-electron chi connectivity index (χ2n) is 12.8. The van der Waals surface area contributed by atoms with Crippen LogP contribution in [0.2, 0.25) is 0 Å². The summed E-state index contributed by atoms with van der Waals surface area (Å²) in [5.74, 6) is 1.25. The van der Waals surface area contributed by atoms with E-state index in [1.807, 2.05) is 39.8 Å². The van der Waals surface area contributed by atoms with Gasteiger partial charge in [0, 0.05) is 54.7 Å². The van der Waals surface area contributed by atoms with Crippen LogP contribution in [0.25, 0.3) is 11.1 Å². The number of aryl methyl sites for hydroxylation is 1. The minimum atomic E-state index is -0.524. The maximum absolute atomic E-state index is 12.6. The highest BCUT2D eigenvalue weighted by Gasteiger charge is 2.51. The predicted molar refractivity (Wildman–Crippen MR) is 150 cm³/mol. The van der Waals surface area contributed by atoms with Gasteiger partial charge in [0.05, 0.1) is 30.7 Å². The highest BCUT2D eigenvalue weighted by atomic mass is 16.6. The lowest BCUT2D eigenvalue weighted by Gasteiger charge is -2.47. The average Bonchev–Trinajstić information content (AvgIpc) is 3.27. The summed E-state index contributed by atoms with van der Waals surface area (Å²) in [6, 6.07) is 6.30. The summed E-state index contributed by atoms with van der Waals surface area (Å²) in [5, 5.41) is 10.6. The highest BCUT2D eigenvalue weighted by Crippen LogP contribution is 2.47. The summed E-state index contributed by atoms with van der Waals surface area (Å²) in [5.41, 5.74) is 11.1. The molecule has 0 aliphatic carbocycles. The fraction of sp³-hybridized carbons (Fsp3) is 0.567. The van der Waals surface area contributed by atoms with Crippen molar-refractivity contribution in [3.05, 3.63) is 34.5 Å². The van der Waals surface area contributed by atoms with Gasteiger partial charge in [-0.25, -0.2) is 9.78 Å². The smallest absolute Gasteiger partial charge is 0.410 e. The first-order valence-corrected chi connectivity index (χ1v) is 13.5. The lowest BCUT2D eigenvalue weighted by Crippen LogP contribution is -2.60. The van der Waals surface area contributed by atoms with Gasteiger partial charge >= 0.3 is 6.09 Å². The zero-order chi connectivity index (χ0) is 28.3. The number of aromatic nitrogens is 1. The Morgan fingerprint density at radius 1 is 1.21 bits per heavy atom. The molecule has 5 rings (SSSR count). The molecule has 2 fully saturated rings. The van der Waals surface area contributed by atoms with Crippen LogP contribution in [0, 0.1) is 23.7 Å². The van der Waals surface area contributed by atoms with Gasteiger partial charge in [0.15, 0.2) is 0 Å². The Morgan fingerprint density at radius 2 is 1.92 bits per heavy atom. The van der Waals surface area contributed by atoms with E-state index in [4.69, 9.17) is 24.9 Å². The number of rotatable bonds is 3. The summed E-state index contributed by atoms with van der Waals surface area (Å²) >= 11 is 0. The van der Waals surface area contributed by atoms with E-state index in [-0.39, 0.29) is 17.1 Å². The second-order valence-corrected chi connectivity index (χ2v) is 12.8. The molecule has 0 bridgehead atoms. The van der Waals surface area contributed by atoms with Gasteiger partial charge < -0.3 is 29.7 Å². The van der Waals surface area contributed by atoms with Crippen molar-refractivity contribution in [1.29, 1.82) is 5.26 Å². The number of nitrogen functional groups attached to an aromatic ring is 1. The van der Waals surface area contributed by atoms with Gasteiger partial charge in [0.1, 0.15) is 28.8 Å². The maximum Gasteiger partial charge on any atom is 0.410 e. The van der Waals surface area contributed by atoms with Crippen molar-refractivity contribution in [2.45, 2.75) is 72.2 Å². The van der Waals surface area contributed by atoms with Crippen molar-refractivity contribution >= 4 is 17.6 Å². The summed E-state index contributed by atoms with van der Waals surface area (Å²) in [6.45, 7) is 14.9. The number of pyridine rings is 1. The monoisotopic (exact) mass is 533 g/mol. The van der Waals surface area contributed by atoms with Crippen molar-refractivity contribution in [2.75, 3.05) is 43.9 Å². The van der Waals surface area contributed by atoms with Gasteiger partial charge in [-0.3, -0.25) is 0 Å². The number of hydrogen-bond acceptors (Lipinski definition) is 8. The first-order valence-electron chi connectivity index (χ1n) is 13.5. The number of hydrogen-bond donors (Lipinski definition) is 1. The van der Waals surface area contributed by atoms with Crippen molar-refractivity contribution < 1.29 is 19.0 Å². The minimum absolute atomic E-state index is 0.0331. The van der Waals surface area contributed by atoms with Crippen LogP contribution < -0.4 is 15.4 Å². The summed E-state index contributed by atoms with van der Waals surface area (Å²) in [7, 11) is 1.60. The molecule has 1 amide bonds. The number of amides is 1. The van der Waals surface area contributed by atoms with Crippen LogP contribution in [-0.2, 0) is 22.5 Å². The zero-order valence-corrected chi connectivity index (χ0v) is 24.1. The van der Waals surface area contributed by atoms with E-state index in [0.29, 0.717) is 48.9 Å². The topological polar surface area (TPSA) is 114 Å². The average molecular weight is 534 g/mol. The fourth-order valence-corrected chi connectivity index (χ4v) is 6.10. The number of anilines is 2. The van der Waals surface area contributed by atoms with Crippen LogP contribution in [0.15, 0.2) is 12.1 Å². The maximum atomic E-state index is 12.6. The Hall–Kier alpha value is -3.51. The minimum Gasteiger partial charge on any atom is -0.495 e. The number of likely N-dealkylation sites (tertiary alicyclic amines) is 1. The van der Waals surface area contributed by atoms with E-state index in [0.717, 1.165) is 47.5 Å². The predicted octanol–water partition coefficient (Wildman–Crippen LogP) is 4.82. The molecule has 1 spiro atoms. The van der Waals surface area contributed by atoms with Gasteiger partial charge in [0.2, 0.25) is 0 Å². The summed E-state index contributed by atoms with van der Waals surface area (Å²) in [6.07, 6.45) is 1.27. The van der Waals surface area contributed by atoms with Gasteiger partial charge in [-0.1, -0.05) is 6.07 Å². The largest absolute Gasteiger partial charge is 0.495 e. The number of nitrogens with zero attached hydrogens (tertiary/aromatic N) is 4. The van der Waals surface area contributed by atoms with E-state index in [2.05, 4.69) is 24.8 Å². The van der Waals surface area contributed by atoms with Crippen LogP contribution in [0.3, 0.4) is 0 Å². The number of nitriles is 1. The van der Waals surface area contributed by atoms with E-state index in [1.54, 1.807) is 12.0 Å². The van der Waals surface area contributed by atoms with Gasteiger partial charge in [-0.15, -0.1) is 0 Å². The summed E-state index contributed by atoms with van der Waals surface area (Å²) < 4.78 is 17.3. The first-order chi connectivity index (χ1) is 18.3.